The number of fused-ring (bicyclic) bond motifs is 2. The molecule has 0 saturated carbocycles. The molecule has 8 rings (SSSR count). The maximum Gasteiger partial charge on any atom is 0.0362 e. The van der Waals surface area contributed by atoms with Crippen LogP contribution in [0.15, 0.2) is 84.9 Å². The van der Waals surface area contributed by atoms with Crippen molar-refractivity contribution in [3.8, 4) is 23.7 Å². The Morgan fingerprint density at radius 2 is 0.941 bits per heavy atom. The molecule has 0 nitrogen and oxygen atoms in total. The summed E-state index contributed by atoms with van der Waals surface area (Å²) in [7, 11) is 0. The molecule has 3 aliphatic carbocycles. The molecule has 0 unspecified atom stereocenters. The third-order valence-electron chi connectivity index (χ3n) is 7.53. The molecular weight excluding hydrogens is 408 g/mol. The molecule has 158 valence electrons. The average molecular weight is 431 g/mol. The molecule has 0 saturated heterocycles. The van der Waals surface area contributed by atoms with E-state index in [4.69, 9.17) is 0 Å². The van der Waals surface area contributed by atoms with Gasteiger partial charge in [0.2, 0.25) is 0 Å². The van der Waals surface area contributed by atoms with Gasteiger partial charge in [-0.2, -0.15) is 0 Å². The molecule has 2 bridgehead atoms. The van der Waals surface area contributed by atoms with Crippen molar-refractivity contribution in [1.82, 2.24) is 0 Å². The van der Waals surface area contributed by atoms with Crippen LogP contribution in [0, 0.1) is 23.7 Å². The van der Waals surface area contributed by atoms with E-state index in [2.05, 4.69) is 109 Å². The zero-order valence-corrected chi connectivity index (χ0v) is 19.2. The molecule has 2 atom stereocenters. The monoisotopic (exact) mass is 430 g/mol. The van der Waals surface area contributed by atoms with Crippen LogP contribution in [0.4, 0.5) is 0 Å². The normalized spacial score (nSPS) is 16.6. The van der Waals surface area contributed by atoms with Gasteiger partial charge in [-0.05, 0) is 105 Å². The van der Waals surface area contributed by atoms with Crippen LogP contribution >= 0.6 is 0 Å². The SMILES string of the molecule is CC#Cc1cccc2c1[C@H]1c3cc4cc5ccccc5cc4cc3[C@@H]2c2c(C#CC)cccc21. The Labute approximate surface area is 200 Å². The van der Waals surface area contributed by atoms with Gasteiger partial charge in [0.1, 0.15) is 0 Å². The predicted molar refractivity (Wildman–Crippen MR) is 141 cm³/mol. The molecule has 0 aliphatic heterocycles. The second kappa shape index (κ2) is 7.12. The fourth-order valence-electron chi connectivity index (χ4n) is 6.29. The lowest BCUT2D eigenvalue weighted by Crippen LogP contribution is -2.29. The largest absolute Gasteiger partial charge is 0.101 e. The molecule has 0 N–H and O–H groups in total. The van der Waals surface area contributed by atoms with Gasteiger partial charge in [0.05, 0.1) is 0 Å². The Morgan fingerprint density at radius 3 is 1.38 bits per heavy atom. The van der Waals surface area contributed by atoms with Crippen LogP contribution in [0.1, 0.15) is 70.2 Å². The first-order valence-electron chi connectivity index (χ1n) is 11.9. The predicted octanol–water partition coefficient (Wildman–Crippen LogP) is 7.72. The van der Waals surface area contributed by atoms with Crippen LogP contribution in [0.2, 0.25) is 0 Å². The van der Waals surface area contributed by atoms with Crippen LogP contribution in [-0.2, 0) is 0 Å². The van der Waals surface area contributed by atoms with Gasteiger partial charge in [0, 0.05) is 23.0 Å². The van der Waals surface area contributed by atoms with E-state index in [-0.39, 0.29) is 11.8 Å². The molecule has 3 aliphatic rings. The highest BCUT2D eigenvalue weighted by Gasteiger charge is 2.43. The number of rotatable bonds is 0. The molecule has 0 amide bonds. The first-order valence-corrected chi connectivity index (χ1v) is 11.9. The highest BCUT2D eigenvalue weighted by Crippen LogP contribution is 2.57. The first-order chi connectivity index (χ1) is 16.8. The Hall–Kier alpha value is -4.26. The van der Waals surface area contributed by atoms with Crippen molar-refractivity contribution in [2.24, 2.45) is 0 Å². The van der Waals surface area contributed by atoms with Crippen molar-refractivity contribution in [3.63, 3.8) is 0 Å². The van der Waals surface area contributed by atoms with Crippen LogP contribution in [0.5, 0.6) is 0 Å². The van der Waals surface area contributed by atoms with Gasteiger partial charge in [0.25, 0.3) is 0 Å². The van der Waals surface area contributed by atoms with E-state index in [0.29, 0.717) is 0 Å². The molecule has 34 heavy (non-hydrogen) atoms. The number of benzene rings is 5. The second-order valence-corrected chi connectivity index (χ2v) is 9.26. The third-order valence-corrected chi connectivity index (χ3v) is 7.53. The maximum atomic E-state index is 3.41. The molecular formula is C34H22. The van der Waals surface area contributed by atoms with Crippen LogP contribution in [0.25, 0.3) is 21.5 Å². The first kappa shape index (κ1) is 19.2. The molecule has 0 aromatic heterocycles. The summed E-state index contributed by atoms with van der Waals surface area (Å²) in [4.78, 5) is 0. The number of hydrogen-bond donors (Lipinski definition) is 0. The standard InChI is InChI=1S/C34H22/c1-3-9-21-13-7-15-27-31(21)33-28-16-8-14-22(10-4-2)32(28)34(27)30-20-26-18-24-12-6-5-11-23(24)17-25(26)19-29(30)33/h5-8,11-20,33-34H,1-2H3/t33-,34-/m1/s1. The zero-order valence-electron chi connectivity index (χ0n) is 19.2. The summed E-state index contributed by atoms with van der Waals surface area (Å²) < 4.78 is 0. The molecule has 5 aromatic rings. The molecule has 0 heteroatoms. The van der Waals surface area contributed by atoms with Crippen LogP contribution < -0.4 is 0 Å². The van der Waals surface area contributed by atoms with Gasteiger partial charge in [0.15, 0.2) is 0 Å². The lowest BCUT2D eigenvalue weighted by atomic mass is 9.59. The summed E-state index contributed by atoms with van der Waals surface area (Å²) in [5, 5.41) is 5.18. The van der Waals surface area contributed by atoms with Gasteiger partial charge < -0.3 is 0 Å². The van der Waals surface area contributed by atoms with E-state index in [1.165, 1.54) is 54.9 Å². The van der Waals surface area contributed by atoms with Crippen molar-refractivity contribution in [3.05, 3.63) is 129 Å². The Morgan fingerprint density at radius 1 is 0.471 bits per heavy atom. The van der Waals surface area contributed by atoms with Gasteiger partial charge in [-0.15, -0.1) is 11.8 Å². The number of hydrogen-bond acceptors (Lipinski definition) is 0. The smallest absolute Gasteiger partial charge is 0.0362 e. The Kier molecular flexibility index (Phi) is 4.03. The summed E-state index contributed by atoms with van der Waals surface area (Å²) >= 11 is 0. The van der Waals surface area contributed by atoms with Crippen LogP contribution in [-0.4, -0.2) is 0 Å². The van der Waals surface area contributed by atoms with Crippen molar-refractivity contribution in [2.45, 2.75) is 25.7 Å². The Bertz CT molecular complexity index is 1660. The van der Waals surface area contributed by atoms with Crippen molar-refractivity contribution >= 4 is 21.5 Å². The van der Waals surface area contributed by atoms with Gasteiger partial charge in [-0.25, -0.2) is 0 Å². The van der Waals surface area contributed by atoms with Gasteiger partial charge in [-0.1, -0.05) is 60.4 Å². The molecule has 5 aromatic carbocycles. The third kappa shape index (κ3) is 2.52. The summed E-state index contributed by atoms with van der Waals surface area (Å²) in [5.74, 6) is 13.5. The Balaban J connectivity index is 1.61. The maximum absolute atomic E-state index is 3.41. The molecule has 0 heterocycles. The molecule has 0 fully saturated rings. The van der Waals surface area contributed by atoms with Crippen molar-refractivity contribution < 1.29 is 0 Å². The van der Waals surface area contributed by atoms with E-state index in [9.17, 15) is 0 Å². The van der Waals surface area contributed by atoms with E-state index < -0.39 is 0 Å². The fraction of sp³-hybridized carbons (Fsp3) is 0.118. The quantitative estimate of drug-likeness (QED) is 0.171. The minimum absolute atomic E-state index is 0.177. The minimum Gasteiger partial charge on any atom is -0.101 e. The fourth-order valence-corrected chi connectivity index (χ4v) is 6.29. The van der Waals surface area contributed by atoms with Crippen molar-refractivity contribution in [1.29, 1.82) is 0 Å². The van der Waals surface area contributed by atoms with Crippen LogP contribution in [0.3, 0.4) is 0 Å². The van der Waals surface area contributed by atoms with Gasteiger partial charge >= 0.3 is 0 Å². The summed E-state index contributed by atoms with van der Waals surface area (Å²) in [6.07, 6.45) is 0. The van der Waals surface area contributed by atoms with E-state index in [1.54, 1.807) is 0 Å². The lowest BCUT2D eigenvalue weighted by molar-refractivity contribution is 0.752. The van der Waals surface area contributed by atoms with E-state index in [0.717, 1.165) is 11.1 Å². The van der Waals surface area contributed by atoms with Gasteiger partial charge in [-0.3, -0.25) is 0 Å². The zero-order chi connectivity index (χ0) is 22.8. The summed E-state index contributed by atoms with van der Waals surface area (Å²) in [6.45, 7) is 3.85. The second-order valence-electron chi connectivity index (χ2n) is 9.26. The molecule has 0 spiro atoms. The summed E-state index contributed by atoms with van der Waals surface area (Å²) in [5.41, 5.74) is 10.7. The van der Waals surface area contributed by atoms with E-state index in [1.807, 2.05) is 13.8 Å². The molecule has 0 radical (unpaired) electrons. The highest BCUT2D eigenvalue weighted by molar-refractivity contribution is 5.99. The minimum atomic E-state index is 0.177. The van der Waals surface area contributed by atoms with E-state index >= 15 is 0 Å². The highest BCUT2D eigenvalue weighted by atomic mass is 14.4. The lowest BCUT2D eigenvalue weighted by Gasteiger charge is -2.43. The van der Waals surface area contributed by atoms with Crippen molar-refractivity contribution in [2.75, 3.05) is 0 Å². The topological polar surface area (TPSA) is 0 Å². The summed E-state index contributed by atoms with van der Waals surface area (Å²) in [6, 6.07) is 31.5. The average Bonchev–Trinajstić information content (AvgIpc) is 2.86.